The van der Waals surface area contributed by atoms with Crippen LogP contribution in [0.4, 0.5) is 5.82 Å². The smallest absolute Gasteiger partial charge is 0.236 e. The van der Waals surface area contributed by atoms with Gasteiger partial charge in [-0.1, -0.05) is 0 Å². The third-order valence-electron chi connectivity index (χ3n) is 2.99. The number of H-pyrrole nitrogens is 1. The molecule has 1 aliphatic rings. The zero-order valence-corrected chi connectivity index (χ0v) is 11.6. The van der Waals surface area contributed by atoms with E-state index >= 15 is 0 Å². The fourth-order valence-electron chi connectivity index (χ4n) is 1.66. The standard InChI is InChI=1S/C12H17N3O3S/c1-9-7-14-12(11(9)6-13)15-19(16,17)5-4-18-8-10-2-3-10/h7,10,14-15H,2-5,8H2,1H3. The van der Waals surface area contributed by atoms with E-state index < -0.39 is 10.0 Å². The molecule has 1 aliphatic carbocycles. The van der Waals surface area contributed by atoms with Gasteiger partial charge in [-0.3, -0.25) is 4.72 Å². The van der Waals surface area contributed by atoms with Gasteiger partial charge in [0, 0.05) is 12.8 Å². The van der Waals surface area contributed by atoms with E-state index in [2.05, 4.69) is 9.71 Å². The van der Waals surface area contributed by atoms with Gasteiger partial charge in [-0.05, 0) is 31.2 Å². The second-order valence-electron chi connectivity index (χ2n) is 4.77. The summed E-state index contributed by atoms with van der Waals surface area (Å²) in [6.45, 7) is 2.56. The van der Waals surface area contributed by atoms with E-state index in [1.54, 1.807) is 13.1 Å². The van der Waals surface area contributed by atoms with E-state index in [0.717, 1.165) is 0 Å². The summed E-state index contributed by atoms with van der Waals surface area (Å²) in [6, 6.07) is 1.97. The highest BCUT2D eigenvalue weighted by Crippen LogP contribution is 2.28. The van der Waals surface area contributed by atoms with Gasteiger partial charge in [0.05, 0.1) is 17.9 Å². The van der Waals surface area contributed by atoms with Crippen LogP contribution >= 0.6 is 0 Å². The Labute approximate surface area is 112 Å². The Balaban J connectivity index is 1.86. The minimum absolute atomic E-state index is 0.108. The van der Waals surface area contributed by atoms with Crippen molar-refractivity contribution in [3.05, 3.63) is 17.3 Å². The topological polar surface area (TPSA) is 95.0 Å². The number of rotatable bonds is 7. The number of hydrogen-bond donors (Lipinski definition) is 2. The summed E-state index contributed by atoms with van der Waals surface area (Å²) in [4.78, 5) is 2.75. The molecule has 0 bridgehead atoms. The maximum atomic E-state index is 11.8. The molecule has 2 rings (SSSR count). The van der Waals surface area contributed by atoms with Crippen molar-refractivity contribution in [3.8, 4) is 6.07 Å². The number of aromatic nitrogens is 1. The summed E-state index contributed by atoms with van der Waals surface area (Å²) >= 11 is 0. The summed E-state index contributed by atoms with van der Waals surface area (Å²) in [5, 5.41) is 8.94. The Morgan fingerprint density at radius 3 is 2.95 bits per heavy atom. The lowest BCUT2D eigenvalue weighted by Crippen LogP contribution is -2.21. The summed E-state index contributed by atoms with van der Waals surface area (Å²) in [5.41, 5.74) is 1.03. The molecule has 0 radical (unpaired) electrons. The van der Waals surface area contributed by atoms with Gasteiger partial charge >= 0.3 is 0 Å². The number of hydrogen-bond acceptors (Lipinski definition) is 4. The number of ether oxygens (including phenoxy) is 1. The highest BCUT2D eigenvalue weighted by atomic mass is 32.2. The number of sulfonamides is 1. The number of anilines is 1. The normalized spacial score (nSPS) is 15.2. The van der Waals surface area contributed by atoms with Crippen molar-refractivity contribution in [3.63, 3.8) is 0 Å². The highest BCUT2D eigenvalue weighted by molar-refractivity contribution is 7.92. The number of nitriles is 1. The minimum atomic E-state index is -3.49. The molecule has 6 nitrogen and oxygen atoms in total. The monoisotopic (exact) mass is 283 g/mol. The highest BCUT2D eigenvalue weighted by Gasteiger charge is 2.22. The first-order chi connectivity index (χ1) is 9.02. The van der Waals surface area contributed by atoms with Gasteiger partial charge in [-0.25, -0.2) is 8.42 Å². The van der Waals surface area contributed by atoms with E-state index in [9.17, 15) is 8.42 Å². The number of nitrogens with zero attached hydrogens (tertiary/aromatic N) is 1. The second-order valence-corrected chi connectivity index (χ2v) is 6.61. The molecule has 0 unspecified atom stereocenters. The Kier molecular flexibility index (Phi) is 4.12. The molecule has 1 aromatic heterocycles. The molecule has 1 heterocycles. The SMILES string of the molecule is Cc1c[nH]c(NS(=O)(=O)CCOCC2CC2)c1C#N. The largest absolute Gasteiger partial charge is 0.380 e. The van der Waals surface area contributed by atoms with Gasteiger partial charge < -0.3 is 9.72 Å². The Morgan fingerprint density at radius 1 is 1.58 bits per heavy atom. The number of aromatic amines is 1. The van der Waals surface area contributed by atoms with Crippen molar-refractivity contribution < 1.29 is 13.2 Å². The predicted molar refractivity (Wildman–Crippen MR) is 71.2 cm³/mol. The number of nitrogens with one attached hydrogen (secondary N) is 2. The van der Waals surface area contributed by atoms with Gasteiger partial charge in [0.15, 0.2) is 0 Å². The number of aryl methyl sites for hydroxylation is 1. The van der Waals surface area contributed by atoms with Crippen molar-refractivity contribution >= 4 is 15.8 Å². The Hall–Kier alpha value is -1.52. The minimum Gasteiger partial charge on any atom is -0.380 e. The second kappa shape index (κ2) is 5.63. The van der Waals surface area contributed by atoms with Crippen molar-refractivity contribution in [1.82, 2.24) is 4.98 Å². The summed E-state index contributed by atoms with van der Waals surface area (Å²) < 4.78 is 31.3. The van der Waals surface area contributed by atoms with E-state index in [1.807, 2.05) is 6.07 Å². The molecular formula is C12H17N3O3S. The summed E-state index contributed by atoms with van der Waals surface area (Å²) in [7, 11) is -3.49. The predicted octanol–water partition coefficient (Wildman–Crippen LogP) is 1.36. The molecule has 1 fully saturated rings. The van der Waals surface area contributed by atoms with Crippen LogP contribution in [0.1, 0.15) is 24.0 Å². The fourth-order valence-corrected chi connectivity index (χ4v) is 2.57. The van der Waals surface area contributed by atoms with Crippen LogP contribution in [0.15, 0.2) is 6.20 Å². The van der Waals surface area contributed by atoms with Gasteiger partial charge in [0.2, 0.25) is 10.0 Å². The molecule has 1 saturated carbocycles. The van der Waals surface area contributed by atoms with Crippen LogP contribution in [0.5, 0.6) is 0 Å². The molecule has 104 valence electrons. The third kappa shape index (κ3) is 3.98. The molecular weight excluding hydrogens is 266 g/mol. The fraction of sp³-hybridized carbons (Fsp3) is 0.583. The molecule has 0 spiro atoms. The van der Waals surface area contributed by atoms with Crippen LogP contribution in [-0.4, -0.2) is 32.4 Å². The molecule has 0 aromatic carbocycles. The quantitative estimate of drug-likeness (QED) is 0.739. The van der Waals surface area contributed by atoms with Crippen LogP contribution in [-0.2, 0) is 14.8 Å². The summed E-state index contributed by atoms with van der Waals surface area (Å²) in [5.74, 6) is 0.733. The van der Waals surface area contributed by atoms with Crippen molar-refractivity contribution in [2.75, 3.05) is 23.7 Å². The molecule has 19 heavy (non-hydrogen) atoms. The molecule has 0 saturated heterocycles. The van der Waals surface area contributed by atoms with Crippen LogP contribution < -0.4 is 4.72 Å². The van der Waals surface area contributed by atoms with Gasteiger partial charge in [0.1, 0.15) is 11.9 Å². The molecule has 0 amide bonds. The van der Waals surface area contributed by atoms with Crippen molar-refractivity contribution in [2.24, 2.45) is 5.92 Å². The Morgan fingerprint density at radius 2 is 2.32 bits per heavy atom. The maximum Gasteiger partial charge on any atom is 0.236 e. The average molecular weight is 283 g/mol. The van der Waals surface area contributed by atoms with E-state index in [0.29, 0.717) is 23.7 Å². The first-order valence-corrected chi connectivity index (χ1v) is 7.83. The van der Waals surface area contributed by atoms with Crippen LogP contribution in [0, 0.1) is 24.2 Å². The molecule has 7 heteroatoms. The van der Waals surface area contributed by atoms with E-state index in [4.69, 9.17) is 10.00 Å². The van der Waals surface area contributed by atoms with Crippen molar-refractivity contribution in [2.45, 2.75) is 19.8 Å². The van der Waals surface area contributed by atoms with Crippen LogP contribution in [0.25, 0.3) is 0 Å². The first kappa shape index (κ1) is 13.9. The summed E-state index contributed by atoms with van der Waals surface area (Å²) in [6.07, 6.45) is 3.95. The lowest BCUT2D eigenvalue weighted by molar-refractivity contribution is 0.138. The zero-order chi connectivity index (χ0) is 13.9. The maximum absolute atomic E-state index is 11.8. The van der Waals surface area contributed by atoms with Gasteiger partial charge in [-0.2, -0.15) is 5.26 Å². The lowest BCUT2D eigenvalue weighted by atomic mass is 10.2. The lowest BCUT2D eigenvalue weighted by Gasteiger charge is -2.07. The molecule has 0 atom stereocenters. The van der Waals surface area contributed by atoms with Crippen LogP contribution in [0.2, 0.25) is 0 Å². The zero-order valence-electron chi connectivity index (χ0n) is 10.8. The molecule has 2 N–H and O–H groups in total. The van der Waals surface area contributed by atoms with E-state index in [1.165, 1.54) is 12.8 Å². The first-order valence-electron chi connectivity index (χ1n) is 6.18. The average Bonchev–Trinajstić information content (AvgIpc) is 3.10. The van der Waals surface area contributed by atoms with Crippen molar-refractivity contribution in [1.29, 1.82) is 5.26 Å². The van der Waals surface area contributed by atoms with Crippen LogP contribution in [0.3, 0.4) is 0 Å². The molecule has 1 aromatic rings. The third-order valence-corrected chi connectivity index (χ3v) is 4.21. The van der Waals surface area contributed by atoms with E-state index in [-0.39, 0.29) is 18.2 Å². The molecule has 0 aliphatic heterocycles. The van der Waals surface area contributed by atoms with Gasteiger partial charge in [-0.15, -0.1) is 0 Å². The Bertz CT molecular complexity index is 582. The van der Waals surface area contributed by atoms with Gasteiger partial charge in [0.25, 0.3) is 0 Å².